The van der Waals surface area contributed by atoms with E-state index in [1.165, 1.54) is 51.7 Å². The summed E-state index contributed by atoms with van der Waals surface area (Å²) in [4.78, 5) is 27.5. The van der Waals surface area contributed by atoms with Crippen molar-refractivity contribution in [1.29, 1.82) is 0 Å². The van der Waals surface area contributed by atoms with Crippen molar-refractivity contribution in [2.75, 3.05) is 13.1 Å². The van der Waals surface area contributed by atoms with E-state index in [2.05, 4.69) is 10.3 Å². The zero-order valence-electron chi connectivity index (χ0n) is 17.6. The molecule has 168 valence electrons. The number of hydrogen-bond acceptors (Lipinski definition) is 6. The second-order valence-electron chi connectivity index (χ2n) is 6.85. The van der Waals surface area contributed by atoms with Crippen LogP contribution in [0.4, 0.5) is 5.69 Å². The summed E-state index contributed by atoms with van der Waals surface area (Å²) in [6.45, 7) is 4.45. The number of rotatable bonds is 9. The van der Waals surface area contributed by atoms with Crippen molar-refractivity contribution in [2.45, 2.75) is 25.3 Å². The number of nitro groups is 1. The van der Waals surface area contributed by atoms with Crippen molar-refractivity contribution in [3.05, 3.63) is 82.4 Å². The van der Waals surface area contributed by atoms with Gasteiger partial charge >= 0.3 is 0 Å². The van der Waals surface area contributed by atoms with Crippen LogP contribution in [0.2, 0.25) is 0 Å². The van der Waals surface area contributed by atoms with E-state index in [1.807, 2.05) is 0 Å². The van der Waals surface area contributed by atoms with Crippen LogP contribution in [0.5, 0.6) is 0 Å². The molecule has 10 nitrogen and oxygen atoms in total. The Bertz CT molecular complexity index is 1200. The standard InChI is InChI=1S/C21H23N5O5S/c1-3-25(4-2)32(30,31)18-8-5-16(6-9-18)14-23-21(27)17-7-10-19(20(13-17)26(28)29)24-12-11-22-15-24/h5-13,15H,3-4,14H2,1-2H3,(H,23,27). The van der Waals surface area contributed by atoms with E-state index in [0.29, 0.717) is 24.3 Å². The van der Waals surface area contributed by atoms with E-state index in [9.17, 15) is 23.3 Å². The van der Waals surface area contributed by atoms with Gasteiger partial charge in [0, 0.05) is 43.7 Å². The number of aromatic nitrogens is 2. The maximum atomic E-state index is 12.6. The highest BCUT2D eigenvalue weighted by Crippen LogP contribution is 2.24. The summed E-state index contributed by atoms with van der Waals surface area (Å²) in [5.74, 6) is -0.481. The third-order valence-electron chi connectivity index (χ3n) is 4.94. The number of imidazole rings is 1. The van der Waals surface area contributed by atoms with Gasteiger partial charge in [-0.15, -0.1) is 0 Å². The Hall–Kier alpha value is -3.57. The predicted molar refractivity (Wildman–Crippen MR) is 118 cm³/mol. The molecule has 0 saturated carbocycles. The molecule has 1 heterocycles. The summed E-state index contributed by atoms with van der Waals surface area (Å²) in [7, 11) is -3.55. The molecule has 0 spiro atoms. The summed E-state index contributed by atoms with van der Waals surface area (Å²) < 4.78 is 28.0. The molecule has 32 heavy (non-hydrogen) atoms. The van der Waals surface area contributed by atoms with Crippen LogP contribution in [0, 0.1) is 10.1 Å². The van der Waals surface area contributed by atoms with Crippen molar-refractivity contribution in [3.63, 3.8) is 0 Å². The van der Waals surface area contributed by atoms with E-state index < -0.39 is 20.9 Å². The summed E-state index contributed by atoms with van der Waals surface area (Å²) in [5.41, 5.74) is 0.915. The van der Waals surface area contributed by atoms with Crippen LogP contribution in [0.3, 0.4) is 0 Å². The molecule has 1 amide bonds. The normalized spacial score (nSPS) is 11.5. The Labute approximate surface area is 185 Å². The number of carbonyl (C=O) groups is 1. The molecule has 0 radical (unpaired) electrons. The molecule has 11 heteroatoms. The Balaban J connectivity index is 1.72. The minimum absolute atomic E-state index is 0.140. The molecule has 0 saturated heterocycles. The molecule has 0 aliphatic rings. The lowest BCUT2D eigenvalue weighted by Crippen LogP contribution is -2.30. The van der Waals surface area contributed by atoms with E-state index >= 15 is 0 Å². The third kappa shape index (κ3) is 4.84. The van der Waals surface area contributed by atoms with Crippen LogP contribution in [-0.4, -0.2) is 46.2 Å². The molecular weight excluding hydrogens is 434 g/mol. The minimum Gasteiger partial charge on any atom is -0.348 e. The van der Waals surface area contributed by atoms with Crippen LogP contribution in [0.1, 0.15) is 29.8 Å². The van der Waals surface area contributed by atoms with Gasteiger partial charge in [0.05, 0.1) is 16.1 Å². The first-order valence-electron chi connectivity index (χ1n) is 9.92. The van der Waals surface area contributed by atoms with Gasteiger partial charge < -0.3 is 9.88 Å². The fourth-order valence-electron chi connectivity index (χ4n) is 3.21. The van der Waals surface area contributed by atoms with E-state index in [0.717, 1.165) is 0 Å². The zero-order chi connectivity index (χ0) is 23.3. The van der Waals surface area contributed by atoms with Gasteiger partial charge in [-0.25, -0.2) is 13.4 Å². The molecule has 2 aromatic carbocycles. The van der Waals surface area contributed by atoms with Gasteiger partial charge in [-0.05, 0) is 29.8 Å². The van der Waals surface area contributed by atoms with E-state index in [1.54, 1.807) is 32.2 Å². The fraction of sp³-hybridized carbons (Fsp3) is 0.238. The second kappa shape index (κ2) is 9.71. The van der Waals surface area contributed by atoms with E-state index in [-0.39, 0.29) is 22.7 Å². The molecule has 0 fully saturated rings. The quantitative estimate of drug-likeness (QED) is 0.389. The third-order valence-corrected chi connectivity index (χ3v) is 7.00. The molecule has 0 aliphatic heterocycles. The van der Waals surface area contributed by atoms with Crippen LogP contribution >= 0.6 is 0 Å². The number of carbonyl (C=O) groups excluding carboxylic acids is 1. The van der Waals surface area contributed by atoms with Crippen LogP contribution in [0.15, 0.2) is 66.1 Å². The van der Waals surface area contributed by atoms with Gasteiger partial charge in [-0.1, -0.05) is 26.0 Å². The molecular formula is C21H23N5O5S. The number of nitro benzene ring substituents is 1. The van der Waals surface area contributed by atoms with Gasteiger partial charge in [0.2, 0.25) is 10.0 Å². The minimum atomic E-state index is -3.55. The van der Waals surface area contributed by atoms with Gasteiger partial charge in [-0.3, -0.25) is 14.9 Å². The zero-order valence-corrected chi connectivity index (χ0v) is 18.4. The Kier molecular flexibility index (Phi) is 7.01. The van der Waals surface area contributed by atoms with Crippen molar-refractivity contribution in [1.82, 2.24) is 19.2 Å². The number of nitrogens with one attached hydrogen (secondary N) is 1. The van der Waals surface area contributed by atoms with Gasteiger partial charge in [0.15, 0.2) is 0 Å². The largest absolute Gasteiger partial charge is 0.348 e. The lowest BCUT2D eigenvalue weighted by atomic mass is 10.1. The number of hydrogen-bond donors (Lipinski definition) is 1. The molecule has 0 aliphatic carbocycles. The molecule has 1 N–H and O–H groups in total. The maximum Gasteiger partial charge on any atom is 0.294 e. The number of sulfonamides is 1. The average Bonchev–Trinajstić information content (AvgIpc) is 3.32. The Morgan fingerprint density at radius 3 is 2.41 bits per heavy atom. The molecule has 0 bridgehead atoms. The van der Waals surface area contributed by atoms with Crippen molar-refractivity contribution in [2.24, 2.45) is 0 Å². The first-order chi connectivity index (χ1) is 15.3. The number of benzene rings is 2. The second-order valence-corrected chi connectivity index (χ2v) is 8.78. The summed E-state index contributed by atoms with van der Waals surface area (Å²) in [5, 5.41) is 14.2. The summed E-state index contributed by atoms with van der Waals surface area (Å²) in [6.07, 6.45) is 4.52. The maximum absolute atomic E-state index is 12.6. The average molecular weight is 458 g/mol. The Morgan fingerprint density at radius 2 is 1.84 bits per heavy atom. The number of amides is 1. The molecule has 3 rings (SSSR count). The highest BCUT2D eigenvalue weighted by molar-refractivity contribution is 7.89. The highest BCUT2D eigenvalue weighted by atomic mass is 32.2. The topological polar surface area (TPSA) is 127 Å². The fourth-order valence-corrected chi connectivity index (χ4v) is 4.67. The lowest BCUT2D eigenvalue weighted by molar-refractivity contribution is -0.384. The van der Waals surface area contributed by atoms with E-state index in [4.69, 9.17) is 0 Å². The molecule has 3 aromatic rings. The summed E-state index contributed by atoms with van der Waals surface area (Å²) >= 11 is 0. The monoisotopic (exact) mass is 457 g/mol. The van der Waals surface area contributed by atoms with Crippen LogP contribution in [-0.2, 0) is 16.6 Å². The van der Waals surface area contributed by atoms with Crippen molar-refractivity contribution >= 4 is 21.6 Å². The molecule has 0 unspecified atom stereocenters. The number of nitrogens with zero attached hydrogens (tertiary/aromatic N) is 4. The smallest absolute Gasteiger partial charge is 0.294 e. The first-order valence-corrected chi connectivity index (χ1v) is 11.4. The SMILES string of the molecule is CCN(CC)S(=O)(=O)c1ccc(CNC(=O)c2ccc(-n3ccnc3)c([N+](=O)[O-])c2)cc1. The first kappa shape index (κ1) is 23.1. The predicted octanol–water partition coefficient (Wildman–Crippen LogP) is 2.74. The highest BCUT2D eigenvalue weighted by Gasteiger charge is 2.21. The van der Waals surface area contributed by atoms with Crippen LogP contribution < -0.4 is 5.32 Å². The lowest BCUT2D eigenvalue weighted by Gasteiger charge is -2.18. The van der Waals surface area contributed by atoms with Gasteiger partial charge in [0.1, 0.15) is 5.69 Å². The van der Waals surface area contributed by atoms with Crippen molar-refractivity contribution in [3.8, 4) is 5.69 Å². The van der Waals surface area contributed by atoms with Crippen molar-refractivity contribution < 1.29 is 18.1 Å². The van der Waals surface area contributed by atoms with Gasteiger partial charge in [0.25, 0.3) is 11.6 Å². The summed E-state index contributed by atoms with van der Waals surface area (Å²) in [6, 6.07) is 10.5. The van der Waals surface area contributed by atoms with Crippen LogP contribution in [0.25, 0.3) is 5.69 Å². The molecule has 1 aromatic heterocycles. The van der Waals surface area contributed by atoms with Gasteiger partial charge in [-0.2, -0.15) is 4.31 Å². The molecule has 0 atom stereocenters. The Morgan fingerprint density at radius 1 is 1.16 bits per heavy atom.